The van der Waals surface area contributed by atoms with E-state index in [2.05, 4.69) is 5.32 Å². The number of benzene rings is 1. The number of carboxylic acid groups (broad SMARTS) is 1. The first-order valence-electron chi connectivity index (χ1n) is 6.26. The number of phenols is 1. The van der Waals surface area contributed by atoms with E-state index < -0.39 is 17.9 Å². The highest BCUT2D eigenvalue weighted by Gasteiger charge is 2.23. The van der Waals surface area contributed by atoms with Crippen molar-refractivity contribution in [2.24, 2.45) is 5.92 Å². The van der Waals surface area contributed by atoms with Gasteiger partial charge in [0.25, 0.3) is 5.91 Å². The summed E-state index contributed by atoms with van der Waals surface area (Å²) in [4.78, 5) is 23.1. The molecule has 0 aromatic heterocycles. The number of hydrogen-bond donors (Lipinski definition) is 3. The highest BCUT2D eigenvalue weighted by atomic mass is 16.5. The minimum absolute atomic E-state index is 0.0145. The van der Waals surface area contributed by atoms with Gasteiger partial charge in [-0.25, -0.2) is 4.79 Å². The maximum atomic E-state index is 12.0. The molecule has 20 heavy (non-hydrogen) atoms. The minimum Gasteiger partial charge on any atom is -0.504 e. The fourth-order valence-corrected chi connectivity index (χ4v) is 1.80. The van der Waals surface area contributed by atoms with E-state index in [1.165, 1.54) is 19.2 Å². The van der Waals surface area contributed by atoms with Gasteiger partial charge in [-0.2, -0.15) is 0 Å². The fourth-order valence-electron chi connectivity index (χ4n) is 1.80. The third-order valence-corrected chi connectivity index (χ3v) is 2.77. The van der Waals surface area contributed by atoms with E-state index in [-0.39, 0.29) is 23.0 Å². The van der Waals surface area contributed by atoms with E-state index in [4.69, 9.17) is 9.84 Å². The molecule has 1 rings (SSSR count). The first-order valence-corrected chi connectivity index (χ1v) is 6.26. The molecule has 3 N–H and O–H groups in total. The summed E-state index contributed by atoms with van der Waals surface area (Å²) in [7, 11) is 1.37. The molecule has 0 saturated heterocycles. The molecule has 6 heteroatoms. The molecule has 0 spiro atoms. The molecule has 0 aliphatic carbocycles. The van der Waals surface area contributed by atoms with Crippen molar-refractivity contribution in [3.05, 3.63) is 23.8 Å². The number of carbonyl (C=O) groups is 2. The Morgan fingerprint density at radius 1 is 1.35 bits per heavy atom. The van der Waals surface area contributed by atoms with Crippen LogP contribution in [0.1, 0.15) is 30.6 Å². The van der Waals surface area contributed by atoms with Gasteiger partial charge in [0, 0.05) is 0 Å². The zero-order chi connectivity index (χ0) is 15.3. The largest absolute Gasteiger partial charge is 0.504 e. The molecular weight excluding hydrogens is 262 g/mol. The van der Waals surface area contributed by atoms with Gasteiger partial charge in [0.15, 0.2) is 11.5 Å². The van der Waals surface area contributed by atoms with Crippen LogP contribution in [-0.2, 0) is 4.79 Å². The number of methoxy groups -OCH3 is 1. The van der Waals surface area contributed by atoms with Crippen molar-refractivity contribution in [3.63, 3.8) is 0 Å². The molecule has 6 nitrogen and oxygen atoms in total. The van der Waals surface area contributed by atoms with Crippen molar-refractivity contribution >= 4 is 11.9 Å². The number of aromatic hydroxyl groups is 1. The van der Waals surface area contributed by atoms with Gasteiger partial charge < -0.3 is 20.3 Å². The Morgan fingerprint density at radius 3 is 2.50 bits per heavy atom. The highest BCUT2D eigenvalue weighted by molar-refractivity contribution is 5.99. The predicted octanol–water partition coefficient (Wildman–Crippen LogP) is 1.63. The maximum absolute atomic E-state index is 12.0. The molecule has 0 heterocycles. The number of rotatable bonds is 6. The minimum atomic E-state index is -1.10. The molecule has 1 unspecified atom stereocenters. The average Bonchev–Trinajstić information content (AvgIpc) is 2.37. The summed E-state index contributed by atoms with van der Waals surface area (Å²) < 4.78 is 4.91. The summed E-state index contributed by atoms with van der Waals surface area (Å²) in [5, 5.41) is 21.3. The van der Waals surface area contributed by atoms with Crippen molar-refractivity contribution in [2.45, 2.75) is 26.3 Å². The molecule has 0 aliphatic rings. The normalized spacial score (nSPS) is 12.0. The first-order chi connectivity index (χ1) is 9.36. The lowest BCUT2D eigenvalue weighted by Gasteiger charge is -2.17. The quantitative estimate of drug-likeness (QED) is 0.736. The Hall–Kier alpha value is -2.24. The lowest BCUT2D eigenvalue weighted by molar-refractivity contribution is -0.139. The Balaban J connectivity index is 2.92. The second-order valence-electron chi connectivity index (χ2n) is 4.85. The summed E-state index contributed by atoms with van der Waals surface area (Å²) in [6.45, 7) is 3.73. The van der Waals surface area contributed by atoms with Gasteiger partial charge in [0.2, 0.25) is 0 Å². The molecular formula is C14H19NO5. The van der Waals surface area contributed by atoms with Crippen LogP contribution in [0.4, 0.5) is 0 Å². The lowest BCUT2D eigenvalue weighted by Crippen LogP contribution is -2.41. The summed E-state index contributed by atoms with van der Waals surface area (Å²) in [5.74, 6) is -1.77. The fraction of sp³-hybridized carbons (Fsp3) is 0.429. The third kappa shape index (κ3) is 3.88. The van der Waals surface area contributed by atoms with E-state index in [9.17, 15) is 14.7 Å². The Bertz CT molecular complexity index is 498. The summed E-state index contributed by atoms with van der Waals surface area (Å²) in [6, 6.07) is 3.47. The number of aliphatic carboxylic acids is 1. The van der Waals surface area contributed by atoms with Gasteiger partial charge in [-0.15, -0.1) is 0 Å². The molecule has 0 saturated carbocycles. The number of phenolic OH excluding ortho intramolecular Hbond substituents is 1. The Morgan fingerprint density at radius 2 is 2.00 bits per heavy atom. The zero-order valence-electron chi connectivity index (χ0n) is 11.7. The van der Waals surface area contributed by atoms with Crippen LogP contribution < -0.4 is 10.1 Å². The van der Waals surface area contributed by atoms with Gasteiger partial charge in [-0.3, -0.25) is 4.79 Å². The molecule has 1 amide bonds. The smallest absolute Gasteiger partial charge is 0.326 e. The summed E-state index contributed by atoms with van der Waals surface area (Å²) in [5.41, 5.74) is -0.0145. The van der Waals surface area contributed by atoms with Crippen molar-refractivity contribution in [3.8, 4) is 11.5 Å². The Labute approximate surface area is 117 Å². The van der Waals surface area contributed by atoms with Crippen molar-refractivity contribution in [2.75, 3.05) is 7.11 Å². The predicted molar refractivity (Wildman–Crippen MR) is 73.0 cm³/mol. The molecule has 1 aromatic carbocycles. The van der Waals surface area contributed by atoms with Crippen LogP contribution in [0, 0.1) is 5.92 Å². The SMILES string of the molecule is COc1cccc(C(=O)NC(CC(C)C)C(=O)O)c1O. The van der Waals surface area contributed by atoms with E-state index in [1.807, 2.05) is 13.8 Å². The molecule has 1 atom stereocenters. The van der Waals surface area contributed by atoms with Gasteiger partial charge in [-0.1, -0.05) is 19.9 Å². The van der Waals surface area contributed by atoms with Gasteiger partial charge in [0.05, 0.1) is 12.7 Å². The molecule has 0 radical (unpaired) electrons. The summed E-state index contributed by atoms with van der Waals surface area (Å²) in [6.07, 6.45) is 0.311. The number of carbonyl (C=O) groups excluding carboxylic acids is 1. The zero-order valence-corrected chi connectivity index (χ0v) is 11.7. The molecule has 1 aromatic rings. The van der Waals surface area contributed by atoms with E-state index >= 15 is 0 Å². The molecule has 0 aliphatic heterocycles. The number of carboxylic acids is 1. The summed E-state index contributed by atoms with van der Waals surface area (Å²) >= 11 is 0. The first kappa shape index (κ1) is 15.8. The second-order valence-corrected chi connectivity index (χ2v) is 4.85. The van der Waals surface area contributed by atoms with Gasteiger partial charge in [0.1, 0.15) is 6.04 Å². The van der Waals surface area contributed by atoms with Crippen LogP contribution in [0.3, 0.4) is 0 Å². The van der Waals surface area contributed by atoms with Crippen molar-refractivity contribution in [1.29, 1.82) is 0 Å². The third-order valence-electron chi connectivity index (χ3n) is 2.77. The molecule has 0 bridgehead atoms. The molecule has 110 valence electrons. The van der Waals surface area contributed by atoms with Crippen LogP contribution in [0.5, 0.6) is 11.5 Å². The standard InChI is InChI=1S/C14H19NO5/c1-8(2)7-10(14(18)19)15-13(17)9-5-4-6-11(20-3)12(9)16/h4-6,8,10,16H,7H2,1-3H3,(H,15,17)(H,18,19). The van der Waals surface area contributed by atoms with Crippen molar-refractivity contribution in [1.82, 2.24) is 5.32 Å². The monoisotopic (exact) mass is 281 g/mol. The topological polar surface area (TPSA) is 95.9 Å². The number of hydrogen-bond acceptors (Lipinski definition) is 4. The maximum Gasteiger partial charge on any atom is 0.326 e. The number of para-hydroxylation sites is 1. The van der Waals surface area contributed by atoms with Crippen LogP contribution >= 0.6 is 0 Å². The number of nitrogens with one attached hydrogen (secondary N) is 1. The Kier molecular flexibility index (Phi) is 5.37. The average molecular weight is 281 g/mol. The van der Waals surface area contributed by atoms with E-state index in [1.54, 1.807) is 6.07 Å². The highest BCUT2D eigenvalue weighted by Crippen LogP contribution is 2.29. The van der Waals surface area contributed by atoms with Crippen molar-refractivity contribution < 1.29 is 24.5 Å². The number of amides is 1. The van der Waals surface area contributed by atoms with Gasteiger partial charge >= 0.3 is 5.97 Å². The van der Waals surface area contributed by atoms with Crippen LogP contribution in [0.2, 0.25) is 0 Å². The van der Waals surface area contributed by atoms with Gasteiger partial charge in [-0.05, 0) is 24.5 Å². The molecule has 0 fully saturated rings. The lowest BCUT2D eigenvalue weighted by atomic mass is 10.0. The van der Waals surface area contributed by atoms with E-state index in [0.717, 1.165) is 0 Å². The van der Waals surface area contributed by atoms with Crippen LogP contribution in [0.25, 0.3) is 0 Å². The second kappa shape index (κ2) is 6.79. The van der Waals surface area contributed by atoms with Crippen LogP contribution in [0.15, 0.2) is 18.2 Å². The number of ether oxygens (including phenoxy) is 1. The van der Waals surface area contributed by atoms with Crippen LogP contribution in [-0.4, -0.2) is 35.2 Å². The van der Waals surface area contributed by atoms with E-state index in [0.29, 0.717) is 6.42 Å².